The van der Waals surface area contributed by atoms with Crippen molar-refractivity contribution in [3.05, 3.63) is 29.8 Å². The molecule has 0 saturated carbocycles. The lowest BCUT2D eigenvalue weighted by molar-refractivity contribution is -0.126. The van der Waals surface area contributed by atoms with Crippen LogP contribution in [0.1, 0.15) is 33.3 Å². The van der Waals surface area contributed by atoms with Crippen molar-refractivity contribution >= 4 is 11.6 Å². The second-order valence-corrected chi connectivity index (χ2v) is 5.47. The highest BCUT2D eigenvalue weighted by atomic mass is 16.2. The van der Waals surface area contributed by atoms with Gasteiger partial charge in [-0.15, -0.1) is 6.42 Å². The Hall–Kier alpha value is -1.95. The number of hydrogen-bond donors (Lipinski definition) is 2. The van der Waals surface area contributed by atoms with E-state index < -0.39 is 11.0 Å². The van der Waals surface area contributed by atoms with Crippen LogP contribution in [0.4, 0.5) is 5.69 Å². The predicted molar refractivity (Wildman–Crippen MR) is 74.9 cm³/mol. The number of benzene rings is 1. The Balaban J connectivity index is 2.97. The van der Waals surface area contributed by atoms with Gasteiger partial charge in [0.05, 0.1) is 11.0 Å². The Morgan fingerprint density at radius 3 is 2.17 bits per heavy atom. The van der Waals surface area contributed by atoms with Crippen LogP contribution in [-0.2, 0) is 10.2 Å². The predicted octanol–water partition coefficient (Wildman–Crippen LogP) is 2.07. The second kappa shape index (κ2) is 4.73. The van der Waals surface area contributed by atoms with E-state index in [2.05, 4.69) is 11.2 Å². The van der Waals surface area contributed by atoms with Crippen molar-refractivity contribution in [3.63, 3.8) is 0 Å². The Kier molecular flexibility index (Phi) is 3.71. The van der Waals surface area contributed by atoms with Crippen molar-refractivity contribution in [1.29, 1.82) is 0 Å². The van der Waals surface area contributed by atoms with E-state index in [0.29, 0.717) is 5.69 Å². The van der Waals surface area contributed by atoms with E-state index >= 15 is 0 Å². The maximum absolute atomic E-state index is 12.3. The molecule has 0 atom stereocenters. The number of nitrogens with one attached hydrogen (secondary N) is 1. The van der Waals surface area contributed by atoms with Crippen LogP contribution >= 0.6 is 0 Å². The third-order valence-corrected chi connectivity index (χ3v) is 2.99. The number of rotatable bonds is 3. The normalized spacial score (nSPS) is 11.7. The number of nitrogens with two attached hydrogens (primary N) is 1. The van der Waals surface area contributed by atoms with Crippen LogP contribution in [-0.4, -0.2) is 11.4 Å². The molecule has 1 amide bonds. The Bertz CT molecular complexity index is 478. The van der Waals surface area contributed by atoms with Crippen molar-refractivity contribution in [2.75, 3.05) is 5.73 Å². The van der Waals surface area contributed by atoms with Crippen molar-refractivity contribution in [3.8, 4) is 12.3 Å². The summed E-state index contributed by atoms with van der Waals surface area (Å²) in [6, 6.07) is 7.29. The molecule has 0 aliphatic carbocycles. The lowest BCUT2D eigenvalue weighted by atomic mass is 9.83. The summed E-state index contributed by atoms with van der Waals surface area (Å²) in [4.78, 5) is 12.3. The monoisotopic (exact) mass is 244 g/mol. The van der Waals surface area contributed by atoms with Gasteiger partial charge in [0, 0.05) is 5.69 Å². The van der Waals surface area contributed by atoms with Crippen LogP contribution in [0.5, 0.6) is 0 Å². The molecule has 1 rings (SSSR count). The molecule has 0 spiro atoms. The number of terminal acetylenes is 1. The molecule has 96 valence electrons. The van der Waals surface area contributed by atoms with Gasteiger partial charge in [-0.05, 0) is 45.4 Å². The van der Waals surface area contributed by atoms with Gasteiger partial charge in [0.15, 0.2) is 0 Å². The fourth-order valence-corrected chi connectivity index (χ4v) is 1.51. The SMILES string of the molecule is C#CC(C)(C)NC(=O)C(C)(C)c1ccc(N)cc1. The largest absolute Gasteiger partial charge is 0.399 e. The third kappa shape index (κ3) is 3.04. The number of carbonyl (C=O) groups excluding carboxylic acids is 1. The van der Waals surface area contributed by atoms with E-state index in [-0.39, 0.29) is 5.91 Å². The Morgan fingerprint density at radius 2 is 1.72 bits per heavy atom. The molecule has 0 aliphatic rings. The molecule has 3 N–H and O–H groups in total. The van der Waals surface area contributed by atoms with Gasteiger partial charge in [-0.3, -0.25) is 4.79 Å². The molecule has 0 radical (unpaired) electrons. The van der Waals surface area contributed by atoms with Crippen molar-refractivity contribution in [1.82, 2.24) is 5.32 Å². The lowest BCUT2D eigenvalue weighted by Gasteiger charge is -2.29. The number of anilines is 1. The van der Waals surface area contributed by atoms with Crippen LogP contribution in [0.2, 0.25) is 0 Å². The van der Waals surface area contributed by atoms with E-state index in [0.717, 1.165) is 5.56 Å². The first-order chi connectivity index (χ1) is 8.19. The van der Waals surface area contributed by atoms with Crippen molar-refractivity contribution in [2.24, 2.45) is 0 Å². The van der Waals surface area contributed by atoms with E-state index in [1.807, 2.05) is 26.0 Å². The first-order valence-corrected chi connectivity index (χ1v) is 5.85. The van der Waals surface area contributed by atoms with Gasteiger partial charge in [-0.1, -0.05) is 18.1 Å². The van der Waals surface area contributed by atoms with Crippen LogP contribution < -0.4 is 11.1 Å². The maximum atomic E-state index is 12.3. The number of hydrogen-bond acceptors (Lipinski definition) is 2. The fourth-order valence-electron chi connectivity index (χ4n) is 1.51. The number of carbonyl (C=O) groups is 1. The summed E-state index contributed by atoms with van der Waals surface area (Å²) in [5.74, 6) is 2.45. The molecule has 0 fully saturated rings. The zero-order valence-electron chi connectivity index (χ0n) is 11.4. The van der Waals surface area contributed by atoms with Crippen LogP contribution in [0.15, 0.2) is 24.3 Å². The molecule has 0 aromatic heterocycles. The molecule has 0 heterocycles. The van der Waals surface area contributed by atoms with E-state index in [9.17, 15) is 4.79 Å². The second-order valence-electron chi connectivity index (χ2n) is 5.47. The van der Waals surface area contributed by atoms with Crippen molar-refractivity contribution < 1.29 is 4.79 Å². The van der Waals surface area contributed by atoms with Gasteiger partial charge in [-0.25, -0.2) is 0 Å². The van der Waals surface area contributed by atoms with Crippen molar-refractivity contribution in [2.45, 2.75) is 38.6 Å². The first-order valence-electron chi connectivity index (χ1n) is 5.85. The summed E-state index contributed by atoms with van der Waals surface area (Å²) in [6.45, 7) is 7.31. The Labute approximate surface area is 109 Å². The van der Waals surface area contributed by atoms with E-state index in [1.165, 1.54) is 0 Å². The van der Waals surface area contributed by atoms with Crippen LogP contribution in [0.3, 0.4) is 0 Å². The molecule has 3 nitrogen and oxygen atoms in total. The average Bonchev–Trinajstić information content (AvgIpc) is 2.29. The molecular formula is C15H20N2O. The van der Waals surface area contributed by atoms with E-state index in [4.69, 9.17) is 12.2 Å². The quantitative estimate of drug-likeness (QED) is 0.632. The topological polar surface area (TPSA) is 55.1 Å². The van der Waals surface area contributed by atoms with Gasteiger partial charge in [0.1, 0.15) is 0 Å². The van der Waals surface area contributed by atoms with Crippen LogP contribution in [0.25, 0.3) is 0 Å². The molecular weight excluding hydrogens is 224 g/mol. The van der Waals surface area contributed by atoms with Gasteiger partial charge in [0.2, 0.25) is 5.91 Å². The van der Waals surface area contributed by atoms with Gasteiger partial charge < -0.3 is 11.1 Å². The standard InChI is InChI=1S/C15H20N2O/c1-6-14(2,3)17-13(18)15(4,5)11-7-9-12(16)10-8-11/h1,7-10H,16H2,2-5H3,(H,17,18). The van der Waals surface area contributed by atoms with Crippen LogP contribution in [0, 0.1) is 12.3 Å². The average molecular weight is 244 g/mol. The summed E-state index contributed by atoms with van der Waals surface area (Å²) in [6.07, 6.45) is 5.38. The number of amides is 1. The zero-order chi connectivity index (χ0) is 14.0. The fraction of sp³-hybridized carbons (Fsp3) is 0.400. The highest BCUT2D eigenvalue weighted by Crippen LogP contribution is 2.25. The molecule has 3 heteroatoms. The number of nitrogen functional groups attached to an aromatic ring is 1. The minimum absolute atomic E-state index is 0.102. The first kappa shape index (κ1) is 14.1. The molecule has 18 heavy (non-hydrogen) atoms. The molecule has 0 saturated heterocycles. The summed E-state index contributed by atoms with van der Waals surface area (Å²) in [5.41, 5.74) is 5.92. The molecule has 1 aromatic rings. The maximum Gasteiger partial charge on any atom is 0.231 e. The minimum Gasteiger partial charge on any atom is -0.399 e. The highest BCUT2D eigenvalue weighted by molar-refractivity contribution is 5.88. The summed E-state index contributed by atoms with van der Waals surface area (Å²) < 4.78 is 0. The summed E-state index contributed by atoms with van der Waals surface area (Å²) in [5, 5.41) is 2.85. The molecule has 1 aromatic carbocycles. The molecule has 0 aliphatic heterocycles. The highest BCUT2D eigenvalue weighted by Gasteiger charge is 2.32. The van der Waals surface area contributed by atoms with Gasteiger partial charge in [0.25, 0.3) is 0 Å². The minimum atomic E-state index is -0.651. The summed E-state index contributed by atoms with van der Waals surface area (Å²) >= 11 is 0. The van der Waals surface area contributed by atoms with E-state index in [1.54, 1.807) is 26.0 Å². The Morgan fingerprint density at radius 1 is 1.22 bits per heavy atom. The third-order valence-electron chi connectivity index (χ3n) is 2.99. The molecule has 0 unspecified atom stereocenters. The van der Waals surface area contributed by atoms with Gasteiger partial charge in [-0.2, -0.15) is 0 Å². The smallest absolute Gasteiger partial charge is 0.231 e. The lowest BCUT2D eigenvalue weighted by Crippen LogP contribution is -2.49. The van der Waals surface area contributed by atoms with Gasteiger partial charge >= 0.3 is 0 Å². The zero-order valence-corrected chi connectivity index (χ0v) is 11.4. The summed E-state index contributed by atoms with van der Waals surface area (Å²) in [7, 11) is 0. The molecule has 0 bridgehead atoms.